The quantitative estimate of drug-likeness (QED) is 0.760. The summed E-state index contributed by atoms with van der Waals surface area (Å²) in [6, 6.07) is 3.80. The third kappa shape index (κ3) is 4.95. The molecule has 0 saturated carbocycles. The zero-order valence-corrected chi connectivity index (χ0v) is 13.3. The number of hydrogen-bond donors (Lipinski definition) is 3. The fourth-order valence-electron chi connectivity index (χ4n) is 2.58. The molecule has 0 spiro atoms. The minimum absolute atomic E-state index is 0.181. The number of nitrogens with one attached hydrogen (secondary N) is 1. The number of H-pyrrole nitrogens is 1. The van der Waals surface area contributed by atoms with Crippen molar-refractivity contribution in [1.29, 1.82) is 0 Å². The largest absolute Gasteiger partial charge is 0.416 e. The molecule has 4 N–H and O–H groups in total. The highest BCUT2D eigenvalue weighted by atomic mass is 19.4. The summed E-state index contributed by atoms with van der Waals surface area (Å²) in [5.74, 6) is 0.181. The number of benzene rings is 1. The van der Waals surface area contributed by atoms with Crippen LogP contribution in [-0.2, 0) is 10.9 Å². The molecule has 0 bridgehead atoms. The monoisotopic (exact) mass is 332 g/mol. The van der Waals surface area contributed by atoms with E-state index in [-0.39, 0.29) is 5.92 Å². The van der Waals surface area contributed by atoms with Crippen LogP contribution in [0.4, 0.5) is 13.2 Å². The van der Waals surface area contributed by atoms with E-state index in [2.05, 4.69) is 4.98 Å². The molecule has 0 radical (unpaired) electrons. The fourth-order valence-corrected chi connectivity index (χ4v) is 2.58. The summed E-state index contributed by atoms with van der Waals surface area (Å²) in [6.45, 7) is 1.12. The molecule has 4 nitrogen and oxygen atoms in total. The van der Waals surface area contributed by atoms with Crippen molar-refractivity contribution >= 4 is 10.9 Å². The van der Waals surface area contributed by atoms with Gasteiger partial charge in [-0.15, -0.1) is 0 Å². The van der Waals surface area contributed by atoms with Gasteiger partial charge in [-0.3, -0.25) is 0 Å². The van der Waals surface area contributed by atoms with Gasteiger partial charge in [-0.1, -0.05) is 6.07 Å². The molecule has 1 atom stereocenters. The maximum atomic E-state index is 12.7. The molecule has 1 aromatic heterocycles. The molecular formula is C16H23F3N2O2. The lowest BCUT2D eigenvalue weighted by Gasteiger charge is -2.15. The van der Waals surface area contributed by atoms with Gasteiger partial charge in [0.1, 0.15) is 0 Å². The van der Waals surface area contributed by atoms with Gasteiger partial charge in [-0.2, -0.15) is 13.2 Å². The third-order valence-corrected chi connectivity index (χ3v) is 3.67. The number of fused-ring (bicyclic) bond motifs is 1. The smallest absolute Gasteiger partial charge is 0.400 e. The fraction of sp³-hybridized carbons (Fsp3) is 0.500. The van der Waals surface area contributed by atoms with Gasteiger partial charge in [0.2, 0.25) is 0 Å². The van der Waals surface area contributed by atoms with Gasteiger partial charge in [-0.25, -0.2) is 0 Å². The summed E-state index contributed by atoms with van der Waals surface area (Å²) >= 11 is 0. The number of halogens is 3. The van der Waals surface area contributed by atoms with E-state index in [1.807, 2.05) is 0 Å². The Morgan fingerprint density at radius 2 is 1.96 bits per heavy atom. The van der Waals surface area contributed by atoms with Crippen molar-refractivity contribution in [2.75, 3.05) is 27.4 Å². The number of aliphatic hydroxyl groups excluding tert-OH is 1. The van der Waals surface area contributed by atoms with Crippen LogP contribution in [-0.4, -0.2) is 37.5 Å². The molecule has 23 heavy (non-hydrogen) atoms. The van der Waals surface area contributed by atoms with E-state index in [0.29, 0.717) is 18.7 Å². The number of hydrogen-bond acceptors (Lipinski definition) is 3. The molecule has 1 unspecified atom stereocenters. The average Bonchev–Trinajstić information content (AvgIpc) is 2.95. The average molecular weight is 332 g/mol. The van der Waals surface area contributed by atoms with Crippen molar-refractivity contribution in [2.45, 2.75) is 24.9 Å². The number of rotatable bonds is 6. The Morgan fingerprint density at radius 1 is 1.26 bits per heavy atom. The van der Waals surface area contributed by atoms with Crippen LogP contribution in [0.5, 0.6) is 0 Å². The maximum absolute atomic E-state index is 12.7. The standard InChI is InChI=1S/C15H19F3N2O.CH4O/c1-21-7-5-10(4-6-19)13-9-20-14-8-11(15(16,17)18)2-3-12(13)14;1-2/h2-3,8-10,20H,4-7,19H2,1H3;2H,1H3. The number of ether oxygens (including phenoxy) is 1. The van der Waals surface area contributed by atoms with Crippen LogP contribution >= 0.6 is 0 Å². The van der Waals surface area contributed by atoms with Gasteiger partial charge in [-0.05, 0) is 43.0 Å². The molecule has 1 heterocycles. The lowest BCUT2D eigenvalue weighted by atomic mass is 9.92. The van der Waals surface area contributed by atoms with E-state index in [0.717, 1.165) is 43.0 Å². The van der Waals surface area contributed by atoms with E-state index >= 15 is 0 Å². The molecule has 2 rings (SSSR count). The molecule has 0 amide bonds. The molecule has 130 valence electrons. The molecule has 1 aromatic carbocycles. The highest BCUT2D eigenvalue weighted by molar-refractivity contribution is 5.84. The first-order valence-electron chi connectivity index (χ1n) is 7.29. The van der Waals surface area contributed by atoms with E-state index in [1.165, 1.54) is 6.07 Å². The summed E-state index contributed by atoms with van der Waals surface area (Å²) in [7, 11) is 2.63. The van der Waals surface area contributed by atoms with E-state index in [4.69, 9.17) is 15.6 Å². The van der Waals surface area contributed by atoms with Crippen molar-refractivity contribution in [1.82, 2.24) is 4.98 Å². The molecule has 0 saturated heterocycles. The predicted octanol–water partition coefficient (Wildman–Crippen LogP) is 3.26. The number of nitrogens with two attached hydrogens (primary N) is 1. The summed E-state index contributed by atoms with van der Waals surface area (Å²) in [5.41, 5.74) is 6.49. The Bertz CT molecular complexity index is 597. The van der Waals surface area contributed by atoms with Gasteiger partial charge in [0, 0.05) is 37.9 Å². The Morgan fingerprint density at radius 3 is 2.52 bits per heavy atom. The molecule has 0 aliphatic rings. The Balaban J connectivity index is 0.00000127. The first-order valence-corrected chi connectivity index (χ1v) is 7.29. The molecule has 2 aromatic rings. The molecular weight excluding hydrogens is 309 g/mol. The van der Waals surface area contributed by atoms with Crippen LogP contribution < -0.4 is 5.73 Å². The first kappa shape index (κ1) is 19.5. The second-order valence-electron chi connectivity index (χ2n) is 5.06. The van der Waals surface area contributed by atoms with Gasteiger partial charge in [0.05, 0.1) is 5.56 Å². The van der Waals surface area contributed by atoms with E-state index < -0.39 is 11.7 Å². The zero-order valence-electron chi connectivity index (χ0n) is 13.3. The maximum Gasteiger partial charge on any atom is 0.416 e. The zero-order chi connectivity index (χ0) is 17.5. The van der Waals surface area contributed by atoms with Crippen LogP contribution in [0.15, 0.2) is 24.4 Å². The van der Waals surface area contributed by atoms with Crippen LogP contribution in [0.2, 0.25) is 0 Å². The summed E-state index contributed by atoms with van der Waals surface area (Å²) in [6.07, 6.45) is -0.980. The van der Waals surface area contributed by atoms with Gasteiger partial charge >= 0.3 is 6.18 Å². The van der Waals surface area contributed by atoms with Gasteiger partial charge in [0.15, 0.2) is 0 Å². The minimum Gasteiger partial charge on any atom is -0.400 e. The number of methoxy groups -OCH3 is 1. The van der Waals surface area contributed by atoms with Crippen LogP contribution in [0, 0.1) is 0 Å². The topological polar surface area (TPSA) is 71.3 Å². The third-order valence-electron chi connectivity index (χ3n) is 3.67. The highest BCUT2D eigenvalue weighted by Crippen LogP contribution is 2.35. The van der Waals surface area contributed by atoms with E-state index in [1.54, 1.807) is 13.3 Å². The number of aliphatic hydroxyl groups is 1. The van der Waals surface area contributed by atoms with E-state index in [9.17, 15) is 13.2 Å². The van der Waals surface area contributed by atoms with Crippen molar-refractivity contribution in [3.05, 3.63) is 35.5 Å². The van der Waals surface area contributed by atoms with Crippen molar-refractivity contribution in [3.63, 3.8) is 0 Å². The molecule has 0 aliphatic heterocycles. The highest BCUT2D eigenvalue weighted by Gasteiger charge is 2.30. The lowest BCUT2D eigenvalue weighted by Crippen LogP contribution is -2.09. The van der Waals surface area contributed by atoms with Gasteiger partial charge < -0.3 is 20.6 Å². The molecule has 0 aliphatic carbocycles. The van der Waals surface area contributed by atoms with Crippen LogP contribution in [0.1, 0.15) is 29.9 Å². The second kappa shape index (κ2) is 8.90. The summed E-state index contributed by atoms with van der Waals surface area (Å²) in [4.78, 5) is 2.93. The molecule has 0 fully saturated rings. The number of aromatic amines is 1. The second-order valence-corrected chi connectivity index (χ2v) is 5.06. The molecule has 7 heteroatoms. The SMILES string of the molecule is CO.COCCC(CCN)c1c[nH]c2cc(C(F)(F)F)ccc12. The number of alkyl halides is 3. The first-order chi connectivity index (χ1) is 11.0. The van der Waals surface area contributed by atoms with Crippen LogP contribution in [0.3, 0.4) is 0 Å². The number of aromatic nitrogens is 1. The summed E-state index contributed by atoms with van der Waals surface area (Å²) in [5, 5.41) is 7.82. The Labute approximate surface area is 133 Å². The minimum atomic E-state index is -4.33. The Kier molecular flexibility index (Phi) is 7.54. The van der Waals surface area contributed by atoms with Crippen molar-refractivity contribution < 1.29 is 23.0 Å². The normalized spacial score (nSPS) is 12.8. The Hall–Kier alpha value is -1.57. The van der Waals surface area contributed by atoms with Crippen molar-refractivity contribution in [2.24, 2.45) is 5.73 Å². The predicted molar refractivity (Wildman–Crippen MR) is 84.3 cm³/mol. The van der Waals surface area contributed by atoms with Crippen molar-refractivity contribution in [3.8, 4) is 0 Å². The van der Waals surface area contributed by atoms with Gasteiger partial charge in [0.25, 0.3) is 0 Å². The van der Waals surface area contributed by atoms with Crippen LogP contribution in [0.25, 0.3) is 10.9 Å². The summed E-state index contributed by atoms with van der Waals surface area (Å²) < 4.78 is 43.3. The lowest BCUT2D eigenvalue weighted by molar-refractivity contribution is -0.137.